The van der Waals surface area contributed by atoms with E-state index in [0.29, 0.717) is 24.3 Å². The van der Waals surface area contributed by atoms with Gasteiger partial charge in [0.05, 0.1) is 4.90 Å². The van der Waals surface area contributed by atoms with Crippen molar-refractivity contribution in [3.8, 4) is 0 Å². The van der Waals surface area contributed by atoms with Gasteiger partial charge in [0.1, 0.15) is 5.82 Å². The van der Waals surface area contributed by atoms with Gasteiger partial charge in [-0.3, -0.25) is 4.79 Å². The van der Waals surface area contributed by atoms with Gasteiger partial charge in [-0.25, -0.2) is 12.8 Å². The molecule has 0 radical (unpaired) electrons. The fraction of sp³-hybridized carbons (Fsp3) is 0.350. The number of amides is 1. The summed E-state index contributed by atoms with van der Waals surface area (Å²) >= 11 is 0. The third-order valence-corrected chi connectivity index (χ3v) is 6.62. The summed E-state index contributed by atoms with van der Waals surface area (Å²) in [5.41, 5.74) is 0.993. The molecule has 0 aromatic heterocycles. The predicted octanol–water partition coefficient (Wildman–Crippen LogP) is 3.95. The maximum Gasteiger partial charge on any atom is 0.255 e. The lowest BCUT2D eigenvalue weighted by Crippen LogP contribution is -2.32. The second kappa shape index (κ2) is 8.19. The molecule has 0 unspecified atom stereocenters. The van der Waals surface area contributed by atoms with Crippen LogP contribution < -0.4 is 5.32 Å². The largest absolute Gasteiger partial charge is 0.322 e. The van der Waals surface area contributed by atoms with Gasteiger partial charge < -0.3 is 5.32 Å². The third kappa shape index (κ3) is 4.54. The molecule has 1 saturated heterocycles. The van der Waals surface area contributed by atoms with E-state index in [9.17, 15) is 17.6 Å². The van der Waals surface area contributed by atoms with Crippen LogP contribution in [0.1, 0.15) is 41.6 Å². The van der Waals surface area contributed by atoms with Crippen LogP contribution in [0.15, 0.2) is 47.4 Å². The van der Waals surface area contributed by atoms with E-state index in [1.165, 1.54) is 34.6 Å². The molecule has 1 heterocycles. The molecule has 7 heteroatoms. The second-order valence-corrected chi connectivity index (χ2v) is 8.70. The molecule has 27 heavy (non-hydrogen) atoms. The van der Waals surface area contributed by atoms with Crippen molar-refractivity contribution in [2.75, 3.05) is 18.4 Å². The van der Waals surface area contributed by atoms with Gasteiger partial charge in [0.2, 0.25) is 10.0 Å². The standard InChI is InChI=1S/C20H23FN2O3S/c1-15-9-10-16(13-19(15)21)20(24)22-17-7-6-8-18(14-17)27(25,26)23-11-4-2-3-5-12-23/h6-10,13-14H,2-5,11-12H2,1H3,(H,22,24). The van der Waals surface area contributed by atoms with Gasteiger partial charge in [-0.1, -0.05) is 25.0 Å². The van der Waals surface area contributed by atoms with Crippen molar-refractivity contribution in [3.63, 3.8) is 0 Å². The van der Waals surface area contributed by atoms with Crippen LogP contribution in [0, 0.1) is 12.7 Å². The number of anilines is 1. The van der Waals surface area contributed by atoms with Gasteiger partial charge in [-0.15, -0.1) is 0 Å². The third-order valence-electron chi connectivity index (χ3n) is 4.73. The Hall–Kier alpha value is -2.25. The molecule has 1 aliphatic heterocycles. The maximum absolute atomic E-state index is 13.7. The van der Waals surface area contributed by atoms with Crippen LogP contribution in [0.4, 0.5) is 10.1 Å². The molecule has 1 N–H and O–H groups in total. The van der Waals surface area contributed by atoms with E-state index in [-0.39, 0.29) is 10.5 Å². The van der Waals surface area contributed by atoms with Crippen molar-refractivity contribution in [3.05, 3.63) is 59.4 Å². The van der Waals surface area contributed by atoms with E-state index in [2.05, 4.69) is 5.32 Å². The van der Waals surface area contributed by atoms with E-state index in [1.54, 1.807) is 19.1 Å². The first-order valence-electron chi connectivity index (χ1n) is 9.05. The number of nitrogens with zero attached hydrogens (tertiary/aromatic N) is 1. The lowest BCUT2D eigenvalue weighted by atomic mass is 10.1. The molecule has 2 aromatic carbocycles. The van der Waals surface area contributed by atoms with E-state index in [4.69, 9.17) is 0 Å². The highest BCUT2D eigenvalue weighted by molar-refractivity contribution is 7.89. The summed E-state index contributed by atoms with van der Waals surface area (Å²) in [6.45, 7) is 2.65. The average molecular weight is 390 g/mol. The number of benzene rings is 2. The molecule has 1 aliphatic rings. The highest BCUT2D eigenvalue weighted by atomic mass is 32.2. The Labute approximate surface area is 159 Å². The summed E-state index contributed by atoms with van der Waals surface area (Å²) < 4.78 is 41.0. The Morgan fingerprint density at radius 2 is 1.74 bits per heavy atom. The minimum absolute atomic E-state index is 0.150. The maximum atomic E-state index is 13.7. The van der Waals surface area contributed by atoms with Crippen molar-refractivity contribution >= 4 is 21.6 Å². The number of rotatable bonds is 4. The monoisotopic (exact) mass is 390 g/mol. The van der Waals surface area contributed by atoms with Crippen LogP contribution in [0.25, 0.3) is 0 Å². The van der Waals surface area contributed by atoms with Crippen LogP contribution in [-0.4, -0.2) is 31.7 Å². The molecule has 1 fully saturated rings. The van der Waals surface area contributed by atoms with Crippen molar-refractivity contribution < 1.29 is 17.6 Å². The first kappa shape index (κ1) is 19.5. The number of hydrogen-bond acceptors (Lipinski definition) is 3. The Morgan fingerprint density at radius 1 is 1.04 bits per heavy atom. The SMILES string of the molecule is Cc1ccc(C(=O)Nc2cccc(S(=O)(=O)N3CCCCCC3)c2)cc1F. The number of halogens is 1. The summed E-state index contributed by atoms with van der Waals surface area (Å²) in [6.07, 6.45) is 3.79. The molecule has 144 valence electrons. The lowest BCUT2D eigenvalue weighted by molar-refractivity contribution is 0.102. The number of sulfonamides is 1. The fourth-order valence-electron chi connectivity index (χ4n) is 3.10. The first-order chi connectivity index (χ1) is 12.9. The topological polar surface area (TPSA) is 66.5 Å². The fourth-order valence-corrected chi connectivity index (χ4v) is 4.67. The van der Waals surface area contributed by atoms with E-state index in [1.807, 2.05) is 0 Å². The molecule has 2 aromatic rings. The summed E-state index contributed by atoms with van der Waals surface area (Å²) in [6, 6.07) is 10.4. The summed E-state index contributed by atoms with van der Waals surface area (Å²) in [5, 5.41) is 2.64. The minimum atomic E-state index is -3.60. The first-order valence-corrected chi connectivity index (χ1v) is 10.5. The van der Waals surface area contributed by atoms with E-state index >= 15 is 0 Å². The van der Waals surface area contributed by atoms with Crippen molar-refractivity contribution in [1.82, 2.24) is 4.31 Å². The molecule has 0 atom stereocenters. The summed E-state index contributed by atoms with van der Waals surface area (Å²) in [4.78, 5) is 12.5. The number of nitrogens with one attached hydrogen (secondary N) is 1. The molecule has 3 rings (SSSR count). The zero-order valence-corrected chi connectivity index (χ0v) is 16.1. The highest BCUT2D eigenvalue weighted by Crippen LogP contribution is 2.23. The van der Waals surface area contributed by atoms with E-state index in [0.717, 1.165) is 25.7 Å². The average Bonchev–Trinajstić information content (AvgIpc) is 2.94. The van der Waals surface area contributed by atoms with Gasteiger partial charge in [-0.05, 0) is 55.7 Å². The molecular weight excluding hydrogens is 367 g/mol. The van der Waals surface area contributed by atoms with Crippen molar-refractivity contribution in [2.24, 2.45) is 0 Å². The van der Waals surface area contributed by atoms with Gasteiger partial charge in [0, 0.05) is 24.3 Å². The van der Waals surface area contributed by atoms with Gasteiger partial charge >= 0.3 is 0 Å². The van der Waals surface area contributed by atoms with Crippen LogP contribution in [-0.2, 0) is 10.0 Å². The Morgan fingerprint density at radius 3 is 2.41 bits per heavy atom. The number of carbonyl (C=O) groups excluding carboxylic acids is 1. The minimum Gasteiger partial charge on any atom is -0.322 e. The molecular formula is C20H23FN2O3S. The van der Waals surface area contributed by atoms with Crippen LogP contribution in [0.2, 0.25) is 0 Å². The summed E-state index contributed by atoms with van der Waals surface area (Å²) in [5.74, 6) is -0.946. The summed E-state index contributed by atoms with van der Waals surface area (Å²) in [7, 11) is -3.60. The van der Waals surface area contributed by atoms with Gasteiger partial charge in [0.15, 0.2) is 0 Å². The Balaban J connectivity index is 1.80. The molecule has 0 aliphatic carbocycles. The number of hydrogen-bond donors (Lipinski definition) is 1. The van der Waals surface area contributed by atoms with E-state index < -0.39 is 21.7 Å². The molecule has 0 bridgehead atoms. The van der Waals surface area contributed by atoms with Crippen LogP contribution in [0.3, 0.4) is 0 Å². The smallest absolute Gasteiger partial charge is 0.255 e. The van der Waals surface area contributed by atoms with Crippen LogP contribution in [0.5, 0.6) is 0 Å². The normalized spacial score (nSPS) is 15.9. The van der Waals surface area contributed by atoms with Gasteiger partial charge in [0.25, 0.3) is 5.91 Å². The zero-order valence-electron chi connectivity index (χ0n) is 15.2. The molecule has 5 nitrogen and oxygen atoms in total. The molecule has 0 spiro atoms. The molecule has 0 saturated carbocycles. The van der Waals surface area contributed by atoms with Crippen molar-refractivity contribution in [1.29, 1.82) is 0 Å². The Bertz CT molecular complexity index is 936. The second-order valence-electron chi connectivity index (χ2n) is 6.76. The quantitative estimate of drug-likeness (QED) is 0.860. The molecule has 1 amide bonds. The zero-order chi connectivity index (χ0) is 19.4. The lowest BCUT2D eigenvalue weighted by Gasteiger charge is -2.20. The van der Waals surface area contributed by atoms with Crippen LogP contribution >= 0.6 is 0 Å². The van der Waals surface area contributed by atoms with Crippen molar-refractivity contribution in [2.45, 2.75) is 37.5 Å². The number of carbonyl (C=O) groups is 1. The number of aryl methyl sites for hydroxylation is 1. The predicted molar refractivity (Wildman–Crippen MR) is 103 cm³/mol. The Kier molecular flexibility index (Phi) is 5.92. The highest BCUT2D eigenvalue weighted by Gasteiger charge is 2.25. The van der Waals surface area contributed by atoms with Gasteiger partial charge in [-0.2, -0.15) is 4.31 Å².